The van der Waals surface area contributed by atoms with Crippen molar-refractivity contribution in [2.75, 3.05) is 45.1 Å². The molecule has 0 aromatic heterocycles. The van der Waals surface area contributed by atoms with Gasteiger partial charge < -0.3 is 35.1 Å². The van der Waals surface area contributed by atoms with E-state index in [1.165, 1.54) is 0 Å². The van der Waals surface area contributed by atoms with Crippen molar-refractivity contribution >= 4 is 34.7 Å². The molecule has 194 valence electrons. The van der Waals surface area contributed by atoms with Gasteiger partial charge in [-0.3, -0.25) is 0 Å². The molecule has 0 aliphatic carbocycles. The summed E-state index contributed by atoms with van der Waals surface area (Å²) in [5, 5.41) is 10.0. The minimum absolute atomic E-state index is 0.228. The number of methoxy groups -OCH3 is 3. The van der Waals surface area contributed by atoms with Crippen LogP contribution in [0.4, 0.5) is 16.2 Å². The zero-order valence-corrected chi connectivity index (χ0v) is 22.3. The molecule has 0 fully saturated rings. The van der Waals surface area contributed by atoms with Gasteiger partial charge in [-0.05, 0) is 78.7 Å². The first-order valence-corrected chi connectivity index (χ1v) is 12.4. The average Bonchev–Trinajstić information content (AvgIpc) is 2.91. The van der Waals surface area contributed by atoms with Crippen molar-refractivity contribution in [1.29, 1.82) is 0 Å². The largest absolute Gasteiger partial charge is 0.495 e. The summed E-state index contributed by atoms with van der Waals surface area (Å²) in [6.45, 7) is 2.95. The van der Waals surface area contributed by atoms with Gasteiger partial charge in [0.05, 0.1) is 33.1 Å². The summed E-state index contributed by atoms with van der Waals surface area (Å²) in [4.78, 5) is 15.3. The van der Waals surface area contributed by atoms with Gasteiger partial charge >= 0.3 is 6.03 Å². The molecule has 3 aromatic rings. The van der Waals surface area contributed by atoms with E-state index in [0.29, 0.717) is 47.6 Å². The van der Waals surface area contributed by atoms with Crippen molar-refractivity contribution in [1.82, 2.24) is 10.2 Å². The second kappa shape index (κ2) is 11.8. The molecule has 0 saturated heterocycles. The Hall–Kier alpha value is -3.98. The van der Waals surface area contributed by atoms with E-state index in [2.05, 4.69) is 16.0 Å². The molecule has 1 atom stereocenters. The standard InChI is InChI=1S/C28H32N4O4S/c1-18-8-7-9-20(14-18)30-27(37)29-17-23-21-16-26(36-4)25(35-3)15-19(21)12-13-32(23)28(33)31-22-10-5-6-11-24(22)34-2/h5-11,14-16,23H,12-13,17H2,1-4H3,(H,31,33)(H2,29,30,37). The summed E-state index contributed by atoms with van der Waals surface area (Å²) in [5.74, 6) is 1.87. The fourth-order valence-electron chi connectivity index (χ4n) is 4.51. The molecule has 1 aliphatic heterocycles. The third-order valence-corrected chi connectivity index (χ3v) is 6.59. The Morgan fingerprint density at radius 3 is 2.41 bits per heavy atom. The van der Waals surface area contributed by atoms with Crippen LogP contribution in [0.25, 0.3) is 0 Å². The molecule has 1 heterocycles. The van der Waals surface area contributed by atoms with Crippen LogP contribution < -0.4 is 30.2 Å². The van der Waals surface area contributed by atoms with Crippen LogP contribution in [0.15, 0.2) is 60.7 Å². The molecule has 9 heteroatoms. The topological polar surface area (TPSA) is 84.1 Å². The molecule has 0 saturated carbocycles. The van der Waals surface area contributed by atoms with E-state index in [0.717, 1.165) is 22.4 Å². The van der Waals surface area contributed by atoms with Crippen LogP contribution in [0.3, 0.4) is 0 Å². The molecule has 3 aromatic carbocycles. The Balaban J connectivity index is 1.59. The smallest absolute Gasteiger partial charge is 0.322 e. The number of urea groups is 1. The number of thiocarbonyl (C=S) groups is 1. The number of rotatable bonds is 7. The minimum Gasteiger partial charge on any atom is -0.495 e. The highest BCUT2D eigenvalue weighted by Crippen LogP contribution is 2.38. The third kappa shape index (κ3) is 6.06. The van der Waals surface area contributed by atoms with Crippen molar-refractivity contribution in [2.24, 2.45) is 0 Å². The molecule has 1 unspecified atom stereocenters. The van der Waals surface area contributed by atoms with Crippen LogP contribution in [0.5, 0.6) is 17.2 Å². The Bertz CT molecular complexity index is 1280. The highest BCUT2D eigenvalue weighted by Gasteiger charge is 2.32. The number of fused-ring (bicyclic) bond motifs is 1. The number of amides is 2. The number of para-hydroxylation sites is 2. The SMILES string of the molecule is COc1ccccc1NC(=O)N1CCc2cc(OC)c(OC)cc2C1CNC(=S)Nc1cccc(C)c1. The van der Waals surface area contributed by atoms with Gasteiger partial charge in [0.15, 0.2) is 16.6 Å². The van der Waals surface area contributed by atoms with Gasteiger partial charge in [0.25, 0.3) is 0 Å². The predicted octanol–water partition coefficient (Wildman–Crippen LogP) is 5.14. The Labute approximate surface area is 222 Å². The van der Waals surface area contributed by atoms with E-state index in [1.807, 2.05) is 72.5 Å². The second-order valence-electron chi connectivity index (χ2n) is 8.70. The van der Waals surface area contributed by atoms with Gasteiger partial charge in [-0.1, -0.05) is 24.3 Å². The van der Waals surface area contributed by atoms with Crippen LogP contribution in [0, 0.1) is 6.92 Å². The average molecular weight is 521 g/mol. The lowest BCUT2D eigenvalue weighted by Gasteiger charge is -2.38. The molecule has 0 spiro atoms. The summed E-state index contributed by atoms with van der Waals surface area (Å²) < 4.78 is 16.5. The van der Waals surface area contributed by atoms with Crippen LogP contribution in [-0.4, -0.2) is 50.5 Å². The molecule has 37 heavy (non-hydrogen) atoms. The predicted molar refractivity (Wildman–Crippen MR) is 150 cm³/mol. The highest BCUT2D eigenvalue weighted by atomic mass is 32.1. The highest BCUT2D eigenvalue weighted by molar-refractivity contribution is 7.80. The van der Waals surface area contributed by atoms with Gasteiger partial charge in [-0.15, -0.1) is 0 Å². The Kier molecular flexibility index (Phi) is 8.35. The van der Waals surface area contributed by atoms with Crippen molar-refractivity contribution in [3.8, 4) is 17.2 Å². The van der Waals surface area contributed by atoms with Crippen LogP contribution in [0.1, 0.15) is 22.7 Å². The second-order valence-corrected chi connectivity index (χ2v) is 9.11. The fourth-order valence-corrected chi connectivity index (χ4v) is 4.71. The van der Waals surface area contributed by atoms with E-state index in [9.17, 15) is 4.79 Å². The zero-order chi connectivity index (χ0) is 26.4. The van der Waals surface area contributed by atoms with E-state index >= 15 is 0 Å². The number of nitrogens with one attached hydrogen (secondary N) is 3. The monoisotopic (exact) mass is 520 g/mol. The maximum Gasteiger partial charge on any atom is 0.322 e. The van der Waals surface area contributed by atoms with Crippen molar-refractivity contribution in [2.45, 2.75) is 19.4 Å². The quantitative estimate of drug-likeness (QED) is 0.372. The Morgan fingerprint density at radius 1 is 0.946 bits per heavy atom. The number of ether oxygens (including phenoxy) is 3. The molecule has 4 rings (SSSR count). The third-order valence-electron chi connectivity index (χ3n) is 6.34. The molecular formula is C28H32N4O4S. The van der Waals surface area contributed by atoms with Gasteiger partial charge in [-0.25, -0.2) is 4.79 Å². The maximum absolute atomic E-state index is 13.5. The number of anilines is 2. The zero-order valence-electron chi connectivity index (χ0n) is 21.5. The molecule has 8 nitrogen and oxygen atoms in total. The van der Waals surface area contributed by atoms with E-state index in [4.69, 9.17) is 26.4 Å². The van der Waals surface area contributed by atoms with Crippen LogP contribution in [0.2, 0.25) is 0 Å². The van der Waals surface area contributed by atoms with E-state index < -0.39 is 0 Å². The Morgan fingerprint density at radius 2 is 1.68 bits per heavy atom. The van der Waals surface area contributed by atoms with Crippen LogP contribution >= 0.6 is 12.2 Å². The van der Waals surface area contributed by atoms with Gasteiger partial charge in [-0.2, -0.15) is 0 Å². The first-order chi connectivity index (χ1) is 17.9. The van der Waals surface area contributed by atoms with E-state index in [-0.39, 0.29) is 12.1 Å². The molecular weight excluding hydrogens is 488 g/mol. The molecule has 0 radical (unpaired) electrons. The summed E-state index contributed by atoms with van der Waals surface area (Å²) in [7, 11) is 4.80. The lowest BCUT2D eigenvalue weighted by molar-refractivity contribution is 0.182. The normalized spacial score (nSPS) is 14.3. The van der Waals surface area contributed by atoms with Gasteiger partial charge in [0, 0.05) is 18.8 Å². The van der Waals surface area contributed by atoms with Gasteiger partial charge in [0.1, 0.15) is 5.75 Å². The minimum atomic E-state index is -0.310. The number of aryl methyl sites for hydroxylation is 1. The molecule has 1 aliphatic rings. The first kappa shape index (κ1) is 26.1. The summed E-state index contributed by atoms with van der Waals surface area (Å²) >= 11 is 5.57. The number of carbonyl (C=O) groups is 1. The number of carbonyl (C=O) groups excluding carboxylic acids is 1. The molecule has 0 bridgehead atoms. The number of hydrogen-bond donors (Lipinski definition) is 3. The van der Waals surface area contributed by atoms with Crippen molar-refractivity contribution in [3.63, 3.8) is 0 Å². The molecule has 2 amide bonds. The lowest BCUT2D eigenvalue weighted by Crippen LogP contribution is -2.47. The first-order valence-electron chi connectivity index (χ1n) is 12.0. The maximum atomic E-state index is 13.5. The molecule has 3 N–H and O–H groups in total. The summed E-state index contributed by atoms with van der Waals surface area (Å²) in [5.41, 5.74) is 4.72. The van der Waals surface area contributed by atoms with Crippen molar-refractivity contribution in [3.05, 3.63) is 77.4 Å². The summed E-state index contributed by atoms with van der Waals surface area (Å²) in [6.07, 6.45) is 0.678. The van der Waals surface area contributed by atoms with E-state index in [1.54, 1.807) is 21.3 Å². The van der Waals surface area contributed by atoms with Crippen molar-refractivity contribution < 1.29 is 19.0 Å². The number of nitrogens with zero attached hydrogens (tertiary/aromatic N) is 1. The number of benzene rings is 3. The van der Waals surface area contributed by atoms with Gasteiger partial charge in [0.2, 0.25) is 0 Å². The fraction of sp³-hybridized carbons (Fsp3) is 0.286. The summed E-state index contributed by atoms with van der Waals surface area (Å²) in [6, 6.07) is 18.7. The number of hydrogen-bond acceptors (Lipinski definition) is 5. The lowest BCUT2D eigenvalue weighted by atomic mass is 9.92. The van der Waals surface area contributed by atoms with Crippen LogP contribution in [-0.2, 0) is 6.42 Å².